The van der Waals surface area contributed by atoms with E-state index in [9.17, 15) is 0 Å². The van der Waals surface area contributed by atoms with E-state index in [2.05, 4.69) is 24.2 Å². The van der Waals surface area contributed by atoms with Gasteiger partial charge in [0.1, 0.15) is 0 Å². The van der Waals surface area contributed by atoms with Crippen LogP contribution in [-0.2, 0) is 0 Å². The van der Waals surface area contributed by atoms with Crippen LogP contribution in [0.4, 0.5) is 0 Å². The summed E-state index contributed by atoms with van der Waals surface area (Å²) in [7, 11) is 0. The molecule has 0 aromatic carbocycles. The van der Waals surface area contributed by atoms with Gasteiger partial charge in [0.05, 0.1) is 5.52 Å². The summed E-state index contributed by atoms with van der Waals surface area (Å²) in [6, 6.07) is 6.12. The van der Waals surface area contributed by atoms with Gasteiger partial charge < -0.3 is 0 Å². The first kappa shape index (κ1) is 8.78. The van der Waals surface area contributed by atoms with Gasteiger partial charge in [-0.3, -0.25) is 0 Å². The van der Waals surface area contributed by atoms with Crippen molar-refractivity contribution >= 4 is 5.52 Å². The molecular formula is C10H14N2. The van der Waals surface area contributed by atoms with Gasteiger partial charge in [-0.15, -0.1) is 0 Å². The summed E-state index contributed by atoms with van der Waals surface area (Å²) in [4.78, 5) is 0. The fourth-order valence-corrected chi connectivity index (χ4v) is 1.02. The zero-order chi connectivity index (χ0) is 8.97. The largest absolute Gasteiger partial charge is 0.241 e. The van der Waals surface area contributed by atoms with Crippen LogP contribution in [0.1, 0.15) is 19.4 Å². The molecule has 0 saturated heterocycles. The minimum absolute atomic E-state index is 1.14. The van der Waals surface area contributed by atoms with Gasteiger partial charge in [-0.05, 0) is 24.6 Å². The third-order valence-electron chi connectivity index (χ3n) is 1.54. The van der Waals surface area contributed by atoms with Crippen LogP contribution < -0.4 is 0 Å². The molecule has 2 aromatic heterocycles. The van der Waals surface area contributed by atoms with Crippen molar-refractivity contribution in [1.29, 1.82) is 0 Å². The van der Waals surface area contributed by atoms with E-state index in [4.69, 9.17) is 0 Å². The molecule has 0 radical (unpaired) electrons. The number of hydrogen-bond acceptors (Lipinski definition) is 1. The van der Waals surface area contributed by atoms with E-state index in [1.807, 2.05) is 30.6 Å². The summed E-state index contributed by atoms with van der Waals surface area (Å²) in [5.41, 5.74) is 2.38. The molecule has 0 unspecified atom stereocenters. The fraction of sp³-hybridized carbons (Fsp3) is 0.300. The predicted molar refractivity (Wildman–Crippen MR) is 51.3 cm³/mol. The second-order valence-corrected chi connectivity index (χ2v) is 2.41. The van der Waals surface area contributed by atoms with Gasteiger partial charge in [-0.2, -0.15) is 5.10 Å². The lowest BCUT2D eigenvalue weighted by Gasteiger charge is -1.92. The van der Waals surface area contributed by atoms with Crippen LogP contribution in [-0.4, -0.2) is 9.61 Å². The number of pyridine rings is 1. The molecule has 2 heteroatoms. The number of aromatic nitrogens is 2. The fourth-order valence-electron chi connectivity index (χ4n) is 1.02. The Kier molecular flexibility index (Phi) is 2.86. The molecule has 12 heavy (non-hydrogen) atoms. The second kappa shape index (κ2) is 3.90. The van der Waals surface area contributed by atoms with Crippen LogP contribution in [0.5, 0.6) is 0 Å². The average molecular weight is 162 g/mol. The number of fused-ring (bicyclic) bond motifs is 1. The van der Waals surface area contributed by atoms with E-state index in [0.29, 0.717) is 0 Å². The number of hydrogen-bond donors (Lipinski definition) is 0. The number of nitrogens with zero attached hydrogens (tertiary/aromatic N) is 2. The molecule has 0 saturated carbocycles. The van der Waals surface area contributed by atoms with Crippen molar-refractivity contribution in [1.82, 2.24) is 9.61 Å². The molecule has 64 valence electrons. The van der Waals surface area contributed by atoms with Gasteiger partial charge in [0.25, 0.3) is 0 Å². The summed E-state index contributed by atoms with van der Waals surface area (Å²) in [6.07, 6.45) is 3.81. The highest BCUT2D eigenvalue weighted by Crippen LogP contribution is 2.02. The molecule has 0 bridgehead atoms. The van der Waals surface area contributed by atoms with Crippen molar-refractivity contribution in [2.24, 2.45) is 0 Å². The lowest BCUT2D eigenvalue weighted by Crippen LogP contribution is -1.85. The van der Waals surface area contributed by atoms with Gasteiger partial charge in [0, 0.05) is 12.4 Å². The van der Waals surface area contributed by atoms with Crippen molar-refractivity contribution in [3.63, 3.8) is 0 Å². The summed E-state index contributed by atoms with van der Waals surface area (Å²) in [5, 5.41) is 4.10. The first-order chi connectivity index (χ1) is 5.86. The van der Waals surface area contributed by atoms with Crippen LogP contribution in [0.25, 0.3) is 5.52 Å². The topological polar surface area (TPSA) is 17.3 Å². The molecule has 2 aromatic rings. The highest BCUT2D eigenvalue weighted by atomic mass is 15.2. The quantitative estimate of drug-likeness (QED) is 0.582. The van der Waals surface area contributed by atoms with Crippen molar-refractivity contribution in [2.45, 2.75) is 20.8 Å². The summed E-state index contributed by atoms with van der Waals surface area (Å²) >= 11 is 0. The molecule has 2 nitrogen and oxygen atoms in total. The van der Waals surface area contributed by atoms with Crippen LogP contribution >= 0.6 is 0 Å². The molecule has 0 fully saturated rings. The second-order valence-electron chi connectivity index (χ2n) is 2.41. The maximum absolute atomic E-state index is 4.10. The van der Waals surface area contributed by atoms with Crippen molar-refractivity contribution in [3.8, 4) is 0 Å². The number of rotatable bonds is 0. The van der Waals surface area contributed by atoms with E-state index >= 15 is 0 Å². The van der Waals surface area contributed by atoms with Gasteiger partial charge in [0.15, 0.2) is 0 Å². The third-order valence-corrected chi connectivity index (χ3v) is 1.54. The monoisotopic (exact) mass is 162 g/mol. The Morgan fingerprint density at radius 3 is 2.67 bits per heavy atom. The molecule has 0 aliphatic carbocycles. The normalized spacial score (nSPS) is 9.25. The third kappa shape index (κ3) is 1.64. The van der Waals surface area contributed by atoms with Crippen molar-refractivity contribution in [2.75, 3.05) is 0 Å². The first-order valence-electron chi connectivity index (χ1n) is 4.26. The molecule has 0 spiro atoms. The summed E-state index contributed by atoms with van der Waals surface area (Å²) < 4.78 is 1.87. The summed E-state index contributed by atoms with van der Waals surface area (Å²) in [6.45, 7) is 6.06. The van der Waals surface area contributed by atoms with Gasteiger partial charge in [-0.25, -0.2) is 4.52 Å². The lowest BCUT2D eigenvalue weighted by molar-refractivity contribution is 0.952. The molecule has 0 amide bonds. The van der Waals surface area contributed by atoms with E-state index < -0.39 is 0 Å². The number of aryl methyl sites for hydroxylation is 1. The minimum atomic E-state index is 1.14. The molecule has 0 aliphatic heterocycles. The minimum Gasteiger partial charge on any atom is -0.241 e. The SMILES string of the molecule is CC.Cc1ccc2ccnn2c1. The van der Waals surface area contributed by atoms with Gasteiger partial charge in [-0.1, -0.05) is 19.9 Å². The Bertz CT molecular complexity index is 349. The standard InChI is InChI=1S/C8H8N2.C2H6/c1-7-2-3-8-4-5-9-10(8)6-7;1-2/h2-6H,1H3;1-2H3. The van der Waals surface area contributed by atoms with E-state index in [1.165, 1.54) is 5.56 Å². The maximum Gasteiger partial charge on any atom is 0.0661 e. The Labute approximate surface area is 72.8 Å². The van der Waals surface area contributed by atoms with E-state index in [1.54, 1.807) is 6.20 Å². The van der Waals surface area contributed by atoms with Crippen LogP contribution in [0.3, 0.4) is 0 Å². The molecule has 0 atom stereocenters. The molecule has 0 N–H and O–H groups in total. The molecule has 2 heterocycles. The molecule has 0 aliphatic rings. The van der Waals surface area contributed by atoms with Gasteiger partial charge >= 0.3 is 0 Å². The highest BCUT2D eigenvalue weighted by molar-refractivity contribution is 5.45. The summed E-state index contributed by atoms with van der Waals surface area (Å²) in [5.74, 6) is 0. The average Bonchev–Trinajstić information content (AvgIpc) is 2.54. The zero-order valence-corrected chi connectivity index (χ0v) is 7.78. The first-order valence-corrected chi connectivity index (χ1v) is 4.26. The zero-order valence-electron chi connectivity index (χ0n) is 7.78. The van der Waals surface area contributed by atoms with Crippen molar-refractivity contribution in [3.05, 3.63) is 36.2 Å². The van der Waals surface area contributed by atoms with Crippen LogP contribution in [0.15, 0.2) is 30.6 Å². The maximum atomic E-state index is 4.10. The van der Waals surface area contributed by atoms with Crippen LogP contribution in [0.2, 0.25) is 0 Å². The molecular weight excluding hydrogens is 148 g/mol. The molecule has 2 rings (SSSR count). The Hall–Kier alpha value is -1.31. The Balaban J connectivity index is 0.000000336. The Morgan fingerprint density at radius 1 is 1.17 bits per heavy atom. The predicted octanol–water partition coefficient (Wildman–Crippen LogP) is 2.67. The van der Waals surface area contributed by atoms with E-state index in [-0.39, 0.29) is 0 Å². The Morgan fingerprint density at radius 2 is 1.92 bits per heavy atom. The van der Waals surface area contributed by atoms with E-state index in [0.717, 1.165) is 5.52 Å². The van der Waals surface area contributed by atoms with Crippen LogP contribution in [0, 0.1) is 6.92 Å². The highest BCUT2D eigenvalue weighted by Gasteiger charge is 1.89. The lowest BCUT2D eigenvalue weighted by atomic mass is 10.3. The van der Waals surface area contributed by atoms with Crippen molar-refractivity contribution < 1.29 is 0 Å². The smallest absolute Gasteiger partial charge is 0.0661 e. The van der Waals surface area contributed by atoms with Gasteiger partial charge in [0.2, 0.25) is 0 Å².